The number of rotatable bonds is 10. The lowest BCUT2D eigenvalue weighted by Crippen LogP contribution is -2.14. The van der Waals surface area contributed by atoms with Gasteiger partial charge in [0.1, 0.15) is 0 Å². The number of unbranched alkanes of at least 4 members (excludes halogenated alkanes) is 1. The highest BCUT2D eigenvalue weighted by Gasteiger charge is 2.17. The topological polar surface area (TPSA) is 0 Å². The van der Waals surface area contributed by atoms with E-state index in [-0.39, 0.29) is 0 Å². The first kappa shape index (κ1) is 17.6. The van der Waals surface area contributed by atoms with E-state index in [1.807, 2.05) is 6.92 Å². The van der Waals surface area contributed by atoms with Crippen molar-refractivity contribution in [2.45, 2.75) is 86.0 Å². The van der Waals surface area contributed by atoms with Crippen LogP contribution in [0.2, 0.25) is 0 Å². The van der Waals surface area contributed by atoms with Gasteiger partial charge in [-0.25, -0.2) is 0 Å². The van der Waals surface area contributed by atoms with Gasteiger partial charge in [0.25, 0.3) is 0 Å². The molecule has 0 amide bonds. The molecule has 0 aromatic carbocycles. The summed E-state index contributed by atoms with van der Waals surface area (Å²) in [6.45, 7) is 11.3. The Morgan fingerprint density at radius 3 is 2.11 bits per heavy atom. The Balaban J connectivity index is 4.20. The summed E-state index contributed by atoms with van der Waals surface area (Å²) in [6, 6.07) is 0. The van der Waals surface area contributed by atoms with Crippen LogP contribution >= 0.6 is 0 Å². The van der Waals surface area contributed by atoms with Gasteiger partial charge >= 0.3 is 0 Å². The van der Waals surface area contributed by atoms with Gasteiger partial charge in [0.15, 0.2) is 0 Å². The SMILES string of the molecule is CC#CC(CCC(C)CCCC)C(CC)CCC. The molecule has 106 valence electrons. The average Bonchev–Trinajstić information content (AvgIpc) is 2.38. The predicted molar refractivity (Wildman–Crippen MR) is 83.6 cm³/mol. The van der Waals surface area contributed by atoms with Crippen LogP contribution in [0.4, 0.5) is 0 Å². The van der Waals surface area contributed by atoms with Crippen molar-refractivity contribution in [3.05, 3.63) is 0 Å². The second-order valence-electron chi connectivity index (χ2n) is 5.78. The van der Waals surface area contributed by atoms with E-state index in [0.29, 0.717) is 5.92 Å². The molecule has 3 atom stereocenters. The minimum atomic E-state index is 0.643. The van der Waals surface area contributed by atoms with Gasteiger partial charge in [-0.15, -0.1) is 5.92 Å². The first-order valence-electron chi connectivity index (χ1n) is 8.11. The quantitative estimate of drug-likeness (QED) is 0.413. The number of hydrogen-bond donors (Lipinski definition) is 0. The largest absolute Gasteiger partial charge is 0.106 e. The zero-order valence-electron chi connectivity index (χ0n) is 13.4. The normalized spacial score (nSPS) is 15.6. The van der Waals surface area contributed by atoms with E-state index >= 15 is 0 Å². The fourth-order valence-corrected chi connectivity index (χ4v) is 2.83. The molecule has 0 rings (SSSR count). The minimum absolute atomic E-state index is 0.643. The highest BCUT2D eigenvalue weighted by atomic mass is 14.2. The van der Waals surface area contributed by atoms with Gasteiger partial charge in [0.2, 0.25) is 0 Å². The molecule has 0 bridgehead atoms. The van der Waals surface area contributed by atoms with Crippen LogP contribution in [0.1, 0.15) is 86.0 Å². The van der Waals surface area contributed by atoms with Crippen LogP contribution in [0, 0.1) is 29.6 Å². The van der Waals surface area contributed by atoms with Gasteiger partial charge < -0.3 is 0 Å². The fourth-order valence-electron chi connectivity index (χ4n) is 2.83. The summed E-state index contributed by atoms with van der Waals surface area (Å²) in [5, 5.41) is 0. The molecule has 0 N–H and O–H groups in total. The van der Waals surface area contributed by atoms with Crippen molar-refractivity contribution in [1.29, 1.82) is 0 Å². The smallest absolute Gasteiger partial charge is 0.0231 e. The fraction of sp³-hybridized carbons (Fsp3) is 0.889. The van der Waals surface area contributed by atoms with E-state index < -0.39 is 0 Å². The van der Waals surface area contributed by atoms with Gasteiger partial charge in [-0.3, -0.25) is 0 Å². The zero-order chi connectivity index (χ0) is 13.8. The Hall–Kier alpha value is -0.440. The maximum absolute atomic E-state index is 3.48. The third-order valence-corrected chi connectivity index (χ3v) is 4.10. The molecule has 0 aromatic rings. The summed E-state index contributed by atoms with van der Waals surface area (Å²) in [7, 11) is 0. The van der Waals surface area contributed by atoms with Crippen LogP contribution in [0.3, 0.4) is 0 Å². The van der Waals surface area contributed by atoms with E-state index in [1.165, 1.54) is 51.4 Å². The highest BCUT2D eigenvalue weighted by Crippen LogP contribution is 2.27. The first-order chi connectivity index (χ1) is 8.69. The molecule has 0 saturated carbocycles. The highest BCUT2D eigenvalue weighted by molar-refractivity contribution is 5.03. The van der Waals surface area contributed by atoms with Crippen LogP contribution in [0.25, 0.3) is 0 Å². The molecular formula is C18H34. The summed E-state index contributed by atoms with van der Waals surface area (Å²) in [6.07, 6.45) is 10.7. The Kier molecular flexibility index (Phi) is 11.4. The van der Waals surface area contributed by atoms with E-state index in [9.17, 15) is 0 Å². The van der Waals surface area contributed by atoms with Crippen molar-refractivity contribution >= 4 is 0 Å². The molecular weight excluding hydrogens is 216 g/mol. The molecule has 0 radical (unpaired) electrons. The van der Waals surface area contributed by atoms with E-state index in [0.717, 1.165) is 11.8 Å². The summed E-state index contributed by atoms with van der Waals surface area (Å²) in [5.41, 5.74) is 0. The van der Waals surface area contributed by atoms with E-state index in [1.54, 1.807) is 0 Å². The van der Waals surface area contributed by atoms with Crippen LogP contribution in [-0.4, -0.2) is 0 Å². The molecule has 18 heavy (non-hydrogen) atoms. The third kappa shape index (κ3) is 7.80. The summed E-state index contributed by atoms with van der Waals surface area (Å²) >= 11 is 0. The summed E-state index contributed by atoms with van der Waals surface area (Å²) < 4.78 is 0. The second-order valence-corrected chi connectivity index (χ2v) is 5.78. The Morgan fingerprint density at radius 1 is 0.889 bits per heavy atom. The molecule has 0 aromatic heterocycles. The van der Waals surface area contributed by atoms with Crippen molar-refractivity contribution in [1.82, 2.24) is 0 Å². The Morgan fingerprint density at radius 2 is 1.61 bits per heavy atom. The molecule has 0 spiro atoms. The minimum Gasteiger partial charge on any atom is -0.106 e. The average molecular weight is 250 g/mol. The molecule has 0 aliphatic rings. The van der Waals surface area contributed by atoms with Crippen molar-refractivity contribution < 1.29 is 0 Å². The van der Waals surface area contributed by atoms with Crippen LogP contribution in [0.5, 0.6) is 0 Å². The monoisotopic (exact) mass is 250 g/mol. The molecule has 0 heterocycles. The molecule has 0 aliphatic carbocycles. The van der Waals surface area contributed by atoms with Crippen molar-refractivity contribution in [2.75, 3.05) is 0 Å². The van der Waals surface area contributed by atoms with Gasteiger partial charge in [-0.1, -0.05) is 65.7 Å². The van der Waals surface area contributed by atoms with Crippen molar-refractivity contribution in [2.24, 2.45) is 17.8 Å². The van der Waals surface area contributed by atoms with Crippen molar-refractivity contribution in [3.63, 3.8) is 0 Å². The standard InChI is InChI=1S/C18H34/c1-6-10-13-16(5)14-15-18(12-8-3)17(9-4)11-7-2/h16-18H,6-7,9-11,13-15H2,1-5H3. The third-order valence-electron chi connectivity index (χ3n) is 4.10. The molecule has 0 fully saturated rings. The molecule has 0 aliphatic heterocycles. The van der Waals surface area contributed by atoms with Crippen LogP contribution in [-0.2, 0) is 0 Å². The molecule has 3 unspecified atom stereocenters. The van der Waals surface area contributed by atoms with E-state index in [2.05, 4.69) is 39.5 Å². The predicted octanol–water partition coefficient (Wildman–Crippen LogP) is 6.06. The summed E-state index contributed by atoms with van der Waals surface area (Å²) in [4.78, 5) is 0. The van der Waals surface area contributed by atoms with Gasteiger partial charge in [-0.2, -0.15) is 0 Å². The Bertz CT molecular complexity index is 230. The lowest BCUT2D eigenvalue weighted by atomic mass is 9.82. The molecule has 0 heteroatoms. The second kappa shape index (κ2) is 11.6. The lowest BCUT2D eigenvalue weighted by molar-refractivity contribution is 0.318. The van der Waals surface area contributed by atoms with Crippen LogP contribution < -0.4 is 0 Å². The maximum Gasteiger partial charge on any atom is 0.0231 e. The molecule has 0 nitrogen and oxygen atoms in total. The first-order valence-corrected chi connectivity index (χ1v) is 8.11. The Labute approximate surface area is 116 Å². The molecule has 0 saturated heterocycles. The van der Waals surface area contributed by atoms with Gasteiger partial charge in [0, 0.05) is 5.92 Å². The van der Waals surface area contributed by atoms with Gasteiger partial charge in [-0.05, 0) is 38.0 Å². The van der Waals surface area contributed by atoms with Gasteiger partial charge in [0.05, 0.1) is 0 Å². The maximum atomic E-state index is 3.48. The lowest BCUT2D eigenvalue weighted by Gasteiger charge is -2.23. The number of hydrogen-bond acceptors (Lipinski definition) is 0. The van der Waals surface area contributed by atoms with Crippen molar-refractivity contribution in [3.8, 4) is 11.8 Å². The van der Waals surface area contributed by atoms with Crippen LogP contribution in [0.15, 0.2) is 0 Å². The van der Waals surface area contributed by atoms with E-state index in [4.69, 9.17) is 0 Å². The summed E-state index contributed by atoms with van der Waals surface area (Å²) in [5.74, 6) is 8.98. The zero-order valence-corrected chi connectivity index (χ0v) is 13.4.